The van der Waals surface area contributed by atoms with Crippen LogP contribution < -0.4 is 0 Å². The van der Waals surface area contributed by atoms with E-state index in [1.54, 1.807) is 16.8 Å². The van der Waals surface area contributed by atoms with Gasteiger partial charge in [0.2, 0.25) is 0 Å². The first kappa shape index (κ1) is 13.2. The molecule has 19 heavy (non-hydrogen) atoms. The van der Waals surface area contributed by atoms with Crippen molar-refractivity contribution in [2.24, 2.45) is 7.05 Å². The summed E-state index contributed by atoms with van der Waals surface area (Å²) in [6.07, 6.45) is 3.78. The van der Waals surface area contributed by atoms with Gasteiger partial charge in [-0.05, 0) is 24.7 Å². The Hall–Kier alpha value is -2.19. The molecule has 0 aliphatic rings. The largest absolute Gasteiger partial charge is 0.298 e. The molecule has 0 saturated heterocycles. The van der Waals surface area contributed by atoms with Gasteiger partial charge in [0.1, 0.15) is 11.9 Å². The number of aryl methyl sites for hydroxylation is 1. The minimum Gasteiger partial charge on any atom is -0.298 e. The second kappa shape index (κ2) is 5.63. The Morgan fingerprint density at radius 3 is 2.74 bits per heavy atom. The molecule has 98 valence electrons. The van der Waals surface area contributed by atoms with E-state index < -0.39 is 5.82 Å². The van der Waals surface area contributed by atoms with Crippen LogP contribution in [-0.4, -0.2) is 21.7 Å². The third kappa shape index (κ3) is 3.39. The monoisotopic (exact) mass is 258 g/mol. The van der Waals surface area contributed by atoms with Crippen molar-refractivity contribution in [2.75, 3.05) is 7.05 Å². The van der Waals surface area contributed by atoms with Gasteiger partial charge < -0.3 is 0 Å². The van der Waals surface area contributed by atoms with Crippen molar-refractivity contribution in [3.63, 3.8) is 0 Å². The maximum absolute atomic E-state index is 13.2. The highest BCUT2D eigenvalue weighted by Gasteiger charge is 2.06. The minimum atomic E-state index is -0.471. The van der Waals surface area contributed by atoms with E-state index in [0.717, 1.165) is 17.7 Å². The SMILES string of the molecule is CN(Cc1ccc(F)c(C#N)c1)Cc1cnn(C)c1. The number of hydrogen-bond acceptors (Lipinski definition) is 3. The normalized spacial score (nSPS) is 10.7. The van der Waals surface area contributed by atoms with E-state index in [1.807, 2.05) is 32.6 Å². The molecular weight excluding hydrogens is 243 g/mol. The second-order valence-electron chi connectivity index (χ2n) is 4.62. The molecule has 0 aliphatic heterocycles. The van der Waals surface area contributed by atoms with Crippen molar-refractivity contribution in [1.29, 1.82) is 5.26 Å². The first-order valence-corrected chi connectivity index (χ1v) is 5.93. The van der Waals surface area contributed by atoms with Crippen LogP contribution in [0.1, 0.15) is 16.7 Å². The van der Waals surface area contributed by atoms with Gasteiger partial charge in [0.25, 0.3) is 0 Å². The van der Waals surface area contributed by atoms with Crippen LogP contribution in [0.5, 0.6) is 0 Å². The molecule has 0 spiro atoms. The highest BCUT2D eigenvalue weighted by molar-refractivity contribution is 5.34. The van der Waals surface area contributed by atoms with Crippen molar-refractivity contribution < 1.29 is 4.39 Å². The van der Waals surface area contributed by atoms with E-state index >= 15 is 0 Å². The minimum absolute atomic E-state index is 0.0901. The van der Waals surface area contributed by atoms with Gasteiger partial charge in [0.15, 0.2) is 0 Å². The molecule has 0 saturated carbocycles. The lowest BCUT2D eigenvalue weighted by Gasteiger charge is -2.15. The molecule has 0 bridgehead atoms. The van der Waals surface area contributed by atoms with Gasteiger partial charge in [-0.15, -0.1) is 0 Å². The van der Waals surface area contributed by atoms with E-state index in [2.05, 4.69) is 10.00 Å². The molecule has 4 nitrogen and oxygen atoms in total. The molecule has 1 aromatic heterocycles. The Bertz CT molecular complexity index is 612. The Kier molecular flexibility index (Phi) is 3.93. The van der Waals surface area contributed by atoms with Gasteiger partial charge >= 0.3 is 0 Å². The second-order valence-corrected chi connectivity index (χ2v) is 4.62. The zero-order valence-corrected chi connectivity index (χ0v) is 11.0. The first-order chi connectivity index (χ1) is 9.08. The molecular formula is C14H15FN4. The van der Waals surface area contributed by atoms with Gasteiger partial charge in [-0.2, -0.15) is 10.4 Å². The van der Waals surface area contributed by atoms with Gasteiger partial charge in [-0.3, -0.25) is 9.58 Å². The summed E-state index contributed by atoms with van der Waals surface area (Å²) in [5.74, 6) is -0.471. The predicted molar refractivity (Wildman–Crippen MR) is 69.5 cm³/mol. The fourth-order valence-corrected chi connectivity index (χ4v) is 1.99. The van der Waals surface area contributed by atoms with Crippen LogP contribution in [0.15, 0.2) is 30.6 Å². The van der Waals surface area contributed by atoms with Crippen molar-refractivity contribution >= 4 is 0 Å². The van der Waals surface area contributed by atoms with E-state index in [-0.39, 0.29) is 5.56 Å². The van der Waals surface area contributed by atoms with Gasteiger partial charge in [0.05, 0.1) is 11.8 Å². The van der Waals surface area contributed by atoms with Crippen molar-refractivity contribution in [2.45, 2.75) is 13.1 Å². The number of nitriles is 1. The highest BCUT2D eigenvalue weighted by Crippen LogP contribution is 2.12. The zero-order chi connectivity index (χ0) is 13.8. The van der Waals surface area contributed by atoms with Crippen molar-refractivity contribution in [3.05, 3.63) is 53.1 Å². The van der Waals surface area contributed by atoms with E-state index in [1.165, 1.54) is 6.07 Å². The summed E-state index contributed by atoms with van der Waals surface area (Å²) >= 11 is 0. The number of hydrogen-bond donors (Lipinski definition) is 0. The lowest BCUT2D eigenvalue weighted by atomic mass is 10.1. The molecule has 5 heteroatoms. The molecule has 2 rings (SSSR count). The Balaban J connectivity index is 2.03. The van der Waals surface area contributed by atoms with Crippen molar-refractivity contribution in [3.8, 4) is 6.07 Å². The summed E-state index contributed by atoms with van der Waals surface area (Å²) in [5.41, 5.74) is 2.13. The van der Waals surface area contributed by atoms with E-state index in [9.17, 15) is 4.39 Å². The highest BCUT2D eigenvalue weighted by atomic mass is 19.1. The van der Waals surface area contributed by atoms with Crippen LogP contribution in [0.25, 0.3) is 0 Å². The average molecular weight is 258 g/mol. The predicted octanol–water partition coefficient (Wildman–Crippen LogP) is 2.06. The maximum atomic E-state index is 13.2. The number of rotatable bonds is 4. The molecule has 2 aromatic rings. The standard InChI is InChI=1S/C14H15FN4/c1-18(9-12-7-17-19(2)10-12)8-11-3-4-14(15)13(5-11)6-16/h3-5,7,10H,8-9H2,1-2H3. The molecule has 0 amide bonds. The zero-order valence-electron chi connectivity index (χ0n) is 11.0. The summed E-state index contributed by atoms with van der Waals surface area (Å²) in [7, 11) is 3.85. The quantitative estimate of drug-likeness (QED) is 0.843. The molecule has 0 N–H and O–H groups in total. The van der Waals surface area contributed by atoms with Gasteiger partial charge in [0, 0.05) is 31.9 Å². The molecule has 1 heterocycles. The Morgan fingerprint density at radius 2 is 2.11 bits per heavy atom. The van der Waals surface area contributed by atoms with E-state index in [0.29, 0.717) is 6.54 Å². The van der Waals surface area contributed by atoms with Crippen molar-refractivity contribution in [1.82, 2.24) is 14.7 Å². The molecule has 1 aromatic carbocycles. The summed E-state index contributed by atoms with van der Waals surface area (Å²) in [4.78, 5) is 2.09. The van der Waals surface area contributed by atoms with Gasteiger partial charge in [-0.25, -0.2) is 4.39 Å². The van der Waals surface area contributed by atoms with Crippen LogP contribution in [0.4, 0.5) is 4.39 Å². The summed E-state index contributed by atoms with van der Waals surface area (Å²) < 4.78 is 15.0. The fourth-order valence-electron chi connectivity index (χ4n) is 1.99. The Labute approximate surface area is 111 Å². The number of halogens is 1. The van der Waals surface area contributed by atoms with Crippen LogP contribution in [-0.2, 0) is 20.1 Å². The molecule has 0 atom stereocenters. The average Bonchev–Trinajstić information content (AvgIpc) is 2.77. The van der Waals surface area contributed by atoms with Crippen LogP contribution >= 0.6 is 0 Å². The molecule has 0 unspecified atom stereocenters. The maximum Gasteiger partial charge on any atom is 0.140 e. The lowest BCUT2D eigenvalue weighted by Crippen LogP contribution is -2.17. The number of benzene rings is 1. The molecule has 0 radical (unpaired) electrons. The fraction of sp³-hybridized carbons (Fsp3) is 0.286. The smallest absolute Gasteiger partial charge is 0.140 e. The summed E-state index contributed by atoms with van der Waals surface area (Å²) in [6, 6.07) is 6.49. The third-order valence-corrected chi connectivity index (χ3v) is 2.81. The van der Waals surface area contributed by atoms with Crippen LogP contribution in [0.2, 0.25) is 0 Å². The first-order valence-electron chi connectivity index (χ1n) is 5.93. The topological polar surface area (TPSA) is 44.9 Å². The van der Waals surface area contributed by atoms with Crippen LogP contribution in [0.3, 0.4) is 0 Å². The molecule has 0 fully saturated rings. The number of nitrogens with zero attached hydrogens (tertiary/aromatic N) is 4. The summed E-state index contributed by atoms with van der Waals surface area (Å²) in [6.45, 7) is 1.41. The third-order valence-electron chi connectivity index (χ3n) is 2.81. The lowest BCUT2D eigenvalue weighted by molar-refractivity contribution is 0.319. The number of aromatic nitrogens is 2. The Morgan fingerprint density at radius 1 is 1.37 bits per heavy atom. The molecule has 0 aliphatic carbocycles. The van der Waals surface area contributed by atoms with E-state index in [4.69, 9.17) is 5.26 Å². The van der Waals surface area contributed by atoms with Crippen LogP contribution in [0, 0.1) is 17.1 Å². The summed E-state index contributed by atoms with van der Waals surface area (Å²) in [5, 5.41) is 12.9. The van der Waals surface area contributed by atoms with Gasteiger partial charge in [-0.1, -0.05) is 6.07 Å².